The summed E-state index contributed by atoms with van der Waals surface area (Å²) in [5.74, 6) is 0.866. The van der Waals surface area contributed by atoms with Crippen molar-refractivity contribution in [2.45, 2.75) is 64.0 Å². The van der Waals surface area contributed by atoms with Crippen molar-refractivity contribution in [3.05, 3.63) is 12.2 Å². The molecule has 1 heterocycles. The smallest absolute Gasteiger partial charge is 0.160 e. The second kappa shape index (κ2) is 5.61. The van der Waals surface area contributed by atoms with Gasteiger partial charge in [-0.3, -0.25) is 4.79 Å². The Morgan fingerprint density at radius 1 is 1.44 bits per heavy atom. The lowest BCUT2D eigenvalue weighted by molar-refractivity contribution is -0.124. The van der Waals surface area contributed by atoms with Crippen LogP contribution in [0.25, 0.3) is 0 Å². The molecule has 1 aromatic heterocycles. The van der Waals surface area contributed by atoms with E-state index in [-0.39, 0.29) is 5.78 Å². The second-order valence-electron chi connectivity index (χ2n) is 5.22. The van der Waals surface area contributed by atoms with E-state index in [0.717, 1.165) is 44.5 Å². The van der Waals surface area contributed by atoms with Crippen molar-refractivity contribution in [1.82, 2.24) is 14.8 Å². The topological polar surface area (TPSA) is 73.8 Å². The fourth-order valence-corrected chi connectivity index (χ4v) is 2.60. The van der Waals surface area contributed by atoms with E-state index >= 15 is 0 Å². The molecule has 0 radical (unpaired) electrons. The Morgan fingerprint density at radius 2 is 2.17 bits per heavy atom. The minimum atomic E-state index is -0.624. The van der Waals surface area contributed by atoms with Crippen LogP contribution in [0, 0.1) is 0 Å². The number of nitrogens with two attached hydrogens (primary N) is 1. The lowest BCUT2D eigenvalue weighted by Gasteiger charge is -2.31. The summed E-state index contributed by atoms with van der Waals surface area (Å²) < 4.78 is 1.81. The van der Waals surface area contributed by atoms with Gasteiger partial charge in [-0.25, -0.2) is 9.67 Å². The van der Waals surface area contributed by atoms with Crippen LogP contribution in [0.1, 0.15) is 51.3 Å². The van der Waals surface area contributed by atoms with E-state index in [2.05, 4.69) is 17.0 Å². The number of rotatable bonds is 5. The van der Waals surface area contributed by atoms with Gasteiger partial charge in [0.05, 0.1) is 12.0 Å². The van der Waals surface area contributed by atoms with E-state index in [1.165, 1.54) is 12.7 Å². The zero-order chi connectivity index (χ0) is 13.0. The number of ketones is 1. The van der Waals surface area contributed by atoms with Gasteiger partial charge in [0.2, 0.25) is 0 Å². The number of Topliss-reactive ketones (excluding diaryl/α,β-unsaturated/α-hetero) is 1. The van der Waals surface area contributed by atoms with Crippen LogP contribution in [0.5, 0.6) is 0 Å². The maximum atomic E-state index is 12.3. The van der Waals surface area contributed by atoms with E-state index in [1.54, 1.807) is 0 Å². The van der Waals surface area contributed by atoms with Gasteiger partial charge >= 0.3 is 0 Å². The highest BCUT2D eigenvalue weighted by molar-refractivity contribution is 5.89. The molecule has 100 valence electrons. The first-order chi connectivity index (χ1) is 8.65. The Labute approximate surface area is 108 Å². The molecule has 18 heavy (non-hydrogen) atoms. The van der Waals surface area contributed by atoms with Gasteiger partial charge in [-0.1, -0.05) is 26.2 Å². The Hall–Kier alpha value is -1.23. The van der Waals surface area contributed by atoms with Crippen LogP contribution in [0.3, 0.4) is 0 Å². The van der Waals surface area contributed by atoms with Gasteiger partial charge in [-0.15, -0.1) is 0 Å². The molecular formula is C13H22N4O. The van der Waals surface area contributed by atoms with Gasteiger partial charge in [0, 0.05) is 6.54 Å². The van der Waals surface area contributed by atoms with Crippen LogP contribution in [0.2, 0.25) is 0 Å². The summed E-state index contributed by atoms with van der Waals surface area (Å²) in [6, 6.07) is 0. The minimum absolute atomic E-state index is 0.118. The molecule has 2 rings (SSSR count). The van der Waals surface area contributed by atoms with E-state index in [0.29, 0.717) is 6.42 Å². The van der Waals surface area contributed by atoms with E-state index in [1.807, 2.05) is 4.68 Å². The van der Waals surface area contributed by atoms with Crippen LogP contribution in [-0.2, 0) is 17.8 Å². The molecule has 0 atom stereocenters. The number of hydrogen-bond acceptors (Lipinski definition) is 4. The number of carbonyl (C=O) groups excluding carboxylic acids is 1. The normalized spacial score (nSPS) is 18.8. The number of carbonyl (C=O) groups is 1. The third kappa shape index (κ3) is 2.77. The first kappa shape index (κ1) is 13.2. The van der Waals surface area contributed by atoms with Crippen molar-refractivity contribution < 1.29 is 4.79 Å². The van der Waals surface area contributed by atoms with Gasteiger partial charge < -0.3 is 5.73 Å². The first-order valence-corrected chi connectivity index (χ1v) is 6.84. The standard InChI is InChI=1S/C13H22N4O/c1-2-8-17-12(15-10-16-17)9-11(18)13(14)6-4-3-5-7-13/h10H,2-9,14H2,1H3. The Kier molecular flexibility index (Phi) is 4.11. The summed E-state index contributed by atoms with van der Waals surface area (Å²) in [4.78, 5) is 16.5. The summed E-state index contributed by atoms with van der Waals surface area (Å²) in [6.45, 7) is 2.89. The third-order valence-corrected chi connectivity index (χ3v) is 3.75. The maximum absolute atomic E-state index is 12.3. The highest BCUT2D eigenvalue weighted by atomic mass is 16.1. The fourth-order valence-electron chi connectivity index (χ4n) is 2.60. The van der Waals surface area contributed by atoms with Crippen molar-refractivity contribution in [1.29, 1.82) is 0 Å². The third-order valence-electron chi connectivity index (χ3n) is 3.75. The highest BCUT2D eigenvalue weighted by Crippen LogP contribution is 2.27. The number of hydrogen-bond donors (Lipinski definition) is 1. The maximum Gasteiger partial charge on any atom is 0.160 e. The van der Waals surface area contributed by atoms with Crippen molar-refractivity contribution in [3.8, 4) is 0 Å². The average molecular weight is 250 g/mol. The number of aromatic nitrogens is 3. The van der Waals surface area contributed by atoms with E-state index < -0.39 is 5.54 Å². The van der Waals surface area contributed by atoms with Gasteiger partial charge in [0.1, 0.15) is 12.2 Å². The molecule has 0 aromatic carbocycles. The summed E-state index contributed by atoms with van der Waals surface area (Å²) in [6.07, 6.45) is 7.75. The molecule has 0 bridgehead atoms. The average Bonchev–Trinajstić information content (AvgIpc) is 2.78. The zero-order valence-electron chi connectivity index (χ0n) is 11.1. The lowest BCUT2D eigenvalue weighted by atomic mass is 9.78. The molecule has 0 unspecified atom stereocenters. The van der Waals surface area contributed by atoms with E-state index in [4.69, 9.17) is 5.73 Å². The molecule has 1 aromatic rings. The largest absolute Gasteiger partial charge is 0.319 e. The molecule has 0 spiro atoms. The molecule has 2 N–H and O–H groups in total. The van der Waals surface area contributed by atoms with Crippen molar-refractivity contribution >= 4 is 5.78 Å². The highest BCUT2D eigenvalue weighted by Gasteiger charge is 2.35. The monoisotopic (exact) mass is 250 g/mol. The molecular weight excluding hydrogens is 228 g/mol. The molecule has 0 amide bonds. The predicted octanol–water partition coefficient (Wildman–Crippen LogP) is 1.46. The molecule has 5 heteroatoms. The SMILES string of the molecule is CCCn1ncnc1CC(=O)C1(N)CCCCC1. The quantitative estimate of drug-likeness (QED) is 0.858. The molecule has 1 aliphatic carbocycles. The van der Waals surface area contributed by atoms with Gasteiger partial charge in [-0.2, -0.15) is 5.10 Å². The Morgan fingerprint density at radius 3 is 2.83 bits per heavy atom. The summed E-state index contributed by atoms with van der Waals surface area (Å²) >= 11 is 0. The molecule has 5 nitrogen and oxygen atoms in total. The van der Waals surface area contributed by atoms with Crippen molar-refractivity contribution in [2.75, 3.05) is 0 Å². The predicted molar refractivity (Wildman–Crippen MR) is 69.0 cm³/mol. The Bertz CT molecular complexity index is 407. The van der Waals surface area contributed by atoms with Crippen molar-refractivity contribution in [2.24, 2.45) is 5.73 Å². The van der Waals surface area contributed by atoms with Crippen LogP contribution in [-0.4, -0.2) is 26.1 Å². The van der Waals surface area contributed by atoms with Crippen LogP contribution in [0.15, 0.2) is 6.33 Å². The molecule has 0 aliphatic heterocycles. The number of nitrogens with zero attached hydrogens (tertiary/aromatic N) is 3. The van der Waals surface area contributed by atoms with E-state index in [9.17, 15) is 4.79 Å². The summed E-state index contributed by atoms with van der Waals surface area (Å²) in [5, 5.41) is 4.14. The van der Waals surface area contributed by atoms with Gasteiger partial charge in [0.25, 0.3) is 0 Å². The Balaban J connectivity index is 2.03. The molecule has 1 saturated carbocycles. The van der Waals surface area contributed by atoms with Crippen LogP contribution >= 0.6 is 0 Å². The number of aryl methyl sites for hydroxylation is 1. The minimum Gasteiger partial charge on any atom is -0.319 e. The lowest BCUT2D eigenvalue weighted by Crippen LogP contribution is -2.50. The summed E-state index contributed by atoms with van der Waals surface area (Å²) in [5.41, 5.74) is 5.61. The fraction of sp³-hybridized carbons (Fsp3) is 0.769. The molecule has 1 fully saturated rings. The van der Waals surface area contributed by atoms with Gasteiger partial charge in [0.15, 0.2) is 5.78 Å². The van der Waals surface area contributed by atoms with Gasteiger partial charge in [-0.05, 0) is 19.3 Å². The van der Waals surface area contributed by atoms with Crippen LogP contribution in [0.4, 0.5) is 0 Å². The molecule has 1 aliphatic rings. The van der Waals surface area contributed by atoms with Crippen molar-refractivity contribution in [3.63, 3.8) is 0 Å². The summed E-state index contributed by atoms with van der Waals surface area (Å²) in [7, 11) is 0. The zero-order valence-corrected chi connectivity index (χ0v) is 11.1. The molecule has 0 saturated heterocycles. The van der Waals surface area contributed by atoms with Crippen LogP contribution < -0.4 is 5.73 Å². The second-order valence-corrected chi connectivity index (χ2v) is 5.22. The first-order valence-electron chi connectivity index (χ1n) is 6.84.